The highest BCUT2D eigenvalue weighted by Gasteiger charge is 2.55. The fraction of sp³-hybridized carbons (Fsp3) is 0.600. The molecule has 5 rings (SSSR count). The molecule has 178 valence electrons. The van der Waals surface area contributed by atoms with Crippen LogP contribution in [0, 0.1) is 17.8 Å². The molecule has 4 aliphatic rings. The highest BCUT2D eigenvalue weighted by molar-refractivity contribution is 5.92. The summed E-state index contributed by atoms with van der Waals surface area (Å²) in [4.78, 5) is 19.5. The molecule has 2 N–H and O–H groups in total. The standard InChI is InChI=1S/C25H33N3O5/c1-4-15(5-2)25-8-9-28(12-22(25)32-14-33-25)24(29)20-6-7-21(23(27-20)30-3)31-13-19-17-10-16(26)11-18(17)19/h4-7,16-19,22H,1,8-14,26H2,2-3H3/b15-5+/t16?,17?,18?,19?,22-,25-/m1/s1. The number of allylic oxidation sites excluding steroid dienone is 1. The summed E-state index contributed by atoms with van der Waals surface area (Å²) in [6, 6.07) is 3.83. The molecule has 0 aromatic carbocycles. The molecular weight excluding hydrogens is 422 g/mol. The summed E-state index contributed by atoms with van der Waals surface area (Å²) in [5.74, 6) is 2.69. The number of hydrogen-bond acceptors (Lipinski definition) is 7. The molecule has 4 atom stereocenters. The Hall–Kier alpha value is -2.42. The van der Waals surface area contributed by atoms with Crippen molar-refractivity contribution >= 4 is 5.91 Å². The van der Waals surface area contributed by atoms with Crippen molar-refractivity contribution in [2.45, 2.75) is 43.9 Å². The van der Waals surface area contributed by atoms with Gasteiger partial charge in [0.1, 0.15) is 24.2 Å². The SMILES string of the molecule is C=C/C(=C\C)[C@]12CCN(C(=O)c3ccc(OCC4C5CC(N)CC45)c(OC)n3)C[C@H]1OCO2. The second-order valence-electron chi connectivity index (χ2n) is 9.49. The Morgan fingerprint density at radius 3 is 2.88 bits per heavy atom. The first-order chi connectivity index (χ1) is 16.0. The molecule has 33 heavy (non-hydrogen) atoms. The molecule has 2 aliphatic carbocycles. The first-order valence-corrected chi connectivity index (χ1v) is 11.8. The predicted molar refractivity (Wildman–Crippen MR) is 122 cm³/mol. The monoisotopic (exact) mass is 455 g/mol. The van der Waals surface area contributed by atoms with Crippen LogP contribution in [0.15, 0.2) is 36.4 Å². The van der Waals surface area contributed by atoms with E-state index in [1.165, 1.54) is 0 Å². The molecule has 4 fully saturated rings. The maximum Gasteiger partial charge on any atom is 0.272 e. The predicted octanol–water partition coefficient (Wildman–Crippen LogP) is 2.54. The number of likely N-dealkylation sites (tertiary alicyclic amines) is 1. The van der Waals surface area contributed by atoms with Gasteiger partial charge in [0.15, 0.2) is 5.75 Å². The average molecular weight is 456 g/mol. The van der Waals surface area contributed by atoms with Gasteiger partial charge in [-0.1, -0.05) is 18.7 Å². The van der Waals surface area contributed by atoms with Crippen molar-refractivity contribution in [2.75, 3.05) is 33.6 Å². The fourth-order valence-electron chi connectivity index (χ4n) is 6.02. The summed E-state index contributed by atoms with van der Waals surface area (Å²) >= 11 is 0. The topological polar surface area (TPSA) is 96.1 Å². The summed E-state index contributed by atoms with van der Waals surface area (Å²) in [7, 11) is 1.54. The minimum Gasteiger partial charge on any atom is -0.488 e. The number of amides is 1. The second-order valence-corrected chi connectivity index (χ2v) is 9.49. The molecule has 8 nitrogen and oxygen atoms in total. The van der Waals surface area contributed by atoms with Gasteiger partial charge in [-0.3, -0.25) is 4.79 Å². The smallest absolute Gasteiger partial charge is 0.272 e. The molecule has 0 spiro atoms. The number of fused-ring (bicyclic) bond motifs is 2. The average Bonchev–Trinajstić information content (AvgIpc) is 3.15. The molecule has 8 heteroatoms. The van der Waals surface area contributed by atoms with Gasteiger partial charge in [-0.2, -0.15) is 0 Å². The minimum absolute atomic E-state index is 0.157. The summed E-state index contributed by atoms with van der Waals surface area (Å²) in [6.07, 6.45) is 6.40. The van der Waals surface area contributed by atoms with Crippen molar-refractivity contribution in [2.24, 2.45) is 23.5 Å². The van der Waals surface area contributed by atoms with Crippen LogP contribution < -0.4 is 15.2 Å². The molecule has 1 amide bonds. The zero-order valence-electron chi connectivity index (χ0n) is 19.4. The maximum atomic E-state index is 13.2. The van der Waals surface area contributed by atoms with Crippen LogP contribution in [0.5, 0.6) is 11.6 Å². The number of rotatable bonds is 7. The quantitative estimate of drug-likeness (QED) is 0.631. The number of carbonyl (C=O) groups is 1. The van der Waals surface area contributed by atoms with Crippen molar-refractivity contribution in [3.05, 3.63) is 42.1 Å². The zero-order valence-corrected chi connectivity index (χ0v) is 19.4. The van der Waals surface area contributed by atoms with Gasteiger partial charge in [-0.05, 0) is 55.2 Å². The van der Waals surface area contributed by atoms with Crippen LogP contribution in [-0.4, -0.2) is 67.1 Å². The van der Waals surface area contributed by atoms with E-state index in [0.717, 1.165) is 18.4 Å². The van der Waals surface area contributed by atoms with Crippen LogP contribution in [0.25, 0.3) is 0 Å². The number of methoxy groups -OCH3 is 1. The molecule has 2 aliphatic heterocycles. The van der Waals surface area contributed by atoms with Gasteiger partial charge in [0, 0.05) is 19.0 Å². The van der Waals surface area contributed by atoms with Crippen molar-refractivity contribution in [3.63, 3.8) is 0 Å². The van der Waals surface area contributed by atoms with Gasteiger partial charge in [-0.15, -0.1) is 0 Å². The number of nitrogens with two attached hydrogens (primary N) is 1. The molecule has 0 radical (unpaired) electrons. The number of pyridine rings is 1. The van der Waals surface area contributed by atoms with Gasteiger partial charge in [-0.25, -0.2) is 4.98 Å². The lowest BCUT2D eigenvalue weighted by Crippen LogP contribution is -2.56. The van der Waals surface area contributed by atoms with Crippen LogP contribution in [0.2, 0.25) is 0 Å². The Morgan fingerprint density at radius 2 is 2.18 bits per heavy atom. The molecule has 1 aromatic rings. The lowest BCUT2D eigenvalue weighted by molar-refractivity contribution is -0.00924. The van der Waals surface area contributed by atoms with E-state index in [1.807, 2.05) is 19.1 Å². The molecule has 2 saturated carbocycles. The summed E-state index contributed by atoms with van der Waals surface area (Å²) in [5.41, 5.74) is 6.80. The Bertz CT molecular complexity index is 953. The van der Waals surface area contributed by atoms with Crippen LogP contribution in [-0.2, 0) is 9.47 Å². The Morgan fingerprint density at radius 1 is 1.39 bits per heavy atom. The molecule has 0 bridgehead atoms. The third kappa shape index (κ3) is 3.84. The van der Waals surface area contributed by atoms with E-state index < -0.39 is 5.60 Å². The number of hydrogen-bond donors (Lipinski definition) is 1. The summed E-state index contributed by atoms with van der Waals surface area (Å²) in [6.45, 7) is 7.70. The van der Waals surface area contributed by atoms with Crippen molar-refractivity contribution < 1.29 is 23.7 Å². The van der Waals surface area contributed by atoms with Crippen molar-refractivity contribution in [1.29, 1.82) is 0 Å². The molecule has 3 heterocycles. The Labute approximate surface area is 194 Å². The van der Waals surface area contributed by atoms with Crippen LogP contribution in [0.3, 0.4) is 0 Å². The van der Waals surface area contributed by atoms with E-state index in [1.54, 1.807) is 24.1 Å². The van der Waals surface area contributed by atoms with Crippen LogP contribution >= 0.6 is 0 Å². The number of aromatic nitrogens is 1. The van der Waals surface area contributed by atoms with E-state index in [0.29, 0.717) is 67.2 Å². The van der Waals surface area contributed by atoms with E-state index in [2.05, 4.69) is 11.6 Å². The van der Waals surface area contributed by atoms with Gasteiger partial charge >= 0.3 is 0 Å². The second kappa shape index (κ2) is 8.74. The van der Waals surface area contributed by atoms with E-state index >= 15 is 0 Å². The molecule has 2 saturated heterocycles. The Balaban J connectivity index is 1.24. The van der Waals surface area contributed by atoms with Crippen molar-refractivity contribution in [1.82, 2.24) is 9.88 Å². The van der Waals surface area contributed by atoms with E-state index in [9.17, 15) is 4.79 Å². The highest BCUT2D eigenvalue weighted by atomic mass is 16.7. The number of nitrogens with zero attached hydrogens (tertiary/aromatic N) is 2. The molecular formula is C25H33N3O5. The third-order valence-corrected chi connectivity index (χ3v) is 7.88. The fourth-order valence-corrected chi connectivity index (χ4v) is 6.02. The zero-order chi connectivity index (χ0) is 23.2. The number of ether oxygens (including phenoxy) is 4. The van der Waals surface area contributed by atoms with Crippen molar-refractivity contribution in [3.8, 4) is 11.6 Å². The normalized spacial score (nSPS) is 35.1. The largest absolute Gasteiger partial charge is 0.488 e. The summed E-state index contributed by atoms with van der Waals surface area (Å²) < 4.78 is 23.3. The first-order valence-electron chi connectivity index (χ1n) is 11.8. The van der Waals surface area contributed by atoms with Gasteiger partial charge in [0.25, 0.3) is 11.8 Å². The number of carbonyl (C=O) groups excluding carboxylic acids is 1. The van der Waals surface area contributed by atoms with Gasteiger partial charge in [0.2, 0.25) is 0 Å². The molecule has 2 unspecified atom stereocenters. The molecule has 1 aromatic heterocycles. The first kappa shape index (κ1) is 22.4. The Kier molecular flexibility index (Phi) is 5.93. The van der Waals surface area contributed by atoms with E-state index in [-0.39, 0.29) is 18.8 Å². The van der Waals surface area contributed by atoms with E-state index in [4.69, 9.17) is 24.7 Å². The minimum atomic E-state index is -0.541. The lowest BCUT2D eigenvalue weighted by Gasteiger charge is -2.42. The van der Waals surface area contributed by atoms with Gasteiger partial charge < -0.3 is 29.6 Å². The van der Waals surface area contributed by atoms with Crippen LogP contribution in [0.1, 0.15) is 36.7 Å². The highest BCUT2D eigenvalue weighted by Crippen LogP contribution is 2.57. The van der Waals surface area contributed by atoms with Gasteiger partial charge in [0.05, 0.1) is 20.3 Å². The third-order valence-electron chi connectivity index (χ3n) is 7.88. The number of piperidine rings is 1. The van der Waals surface area contributed by atoms with Crippen LogP contribution in [0.4, 0.5) is 0 Å². The summed E-state index contributed by atoms with van der Waals surface area (Å²) in [5, 5.41) is 0. The maximum absolute atomic E-state index is 13.2. The lowest BCUT2D eigenvalue weighted by atomic mass is 9.81.